The molecule has 1 N–H and O–H groups in total. The second-order valence-corrected chi connectivity index (χ2v) is 5.37. The molecule has 0 aliphatic carbocycles. The van der Waals surface area contributed by atoms with Crippen molar-refractivity contribution < 1.29 is 4.74 Å². The zero-order chi connectivity index (χ0) is 13.0. The van der Waals surface area contributed by atoms with Crippen molar-refractivity contribution >= 4 is 0 Å². The number of hydrogen-bond donors (Lipinski definition) is 1. The normalized spacial score (nSPS) is 28.3. The van der Waals surface area contributed by atoms with E-state index in [4.69, 9.17) is 4.74 Å². The Kier molecular flexibility index (Phi) is 4.30. The molecule has 4 nitrogen and oxygen atoms in total. The van der Waals surface area contributed by atoms with Crippen molar-refractivity contribution in [2.75, 3.05) is 6.61 Å². The summed E-state index contributed by atoms with van der Waals surface area (Å²) in [4.78, 5) is 8.62. The van der Waals surface area contributed by atoms with Crippen molar-refractivity contribution in [2.24, 2.45) is 0 Å². The van der Waals surface area contributed by atoms with Crippen LogP contribution in [0, 0.1) is 6.92 Å². The third-order valence-corrected chi connectivity index (χ3v) is 3.75. The molecule has 1 aromatic rings. The maximum absolute atomic E-state index is 5.84. The first-order chi connectivity index (χ1) is 8.61. The molecule has 0 aromatic carbocycles. The number of aromatic nitrogens is 2. The van der Waals surface area contributed by atoms with E-state index in [1.165, 1.54) is 0 Å². The van der Waals surface area contributed by atoms with Gasteiger partial charge in [0.05, 0.1) is 17.0 Å². The maximum atomic E-state index is 5.84. The predicted octanol–water partition coefficient (Wildman–Crippen LogP) is 2.22. The average molecular weight is 249 g/mol. The molecule has 0 amide bonds. The van der Waals surface area contributed by atoms with Gasteiger partial charge in [0.25, 0.3) is 0 Å². The van der Waals surface area contributed by atoms with Gasteiger partial charge in [0.1, 0.15) is 0 Å². The highest BCUT2D eigenvalue weighted by molar-refractivity contribution is 5.00. The molecule has 100 valence electrons. The van der Waals surface area contributed by atoms with Crippen molar-refractivity contribution in [3.05, 3.63) is 23.8 Å². The summed E-state index contributed by atoms with van der Waals surface area (Å²) in [6, 6.07) is 0.520. The van der Waals surface area contributed by atoms with Gasteiger partial charge in [-0.25, -0.2) is 0 Å². The lowest BCUT2D eigenvalue weighted by Crippen LogP contribution is -2.44. The van der Waals surface area contributed by atoms with Gasteiger partial charge < -0.3 is 10.1 Å². The number of nitrogens with one attached hydrogen (secondary N) is 1. The summed E-state index contributed by atoms with van der Waals surface area (Å²) in [5.41, 5.74) is 2.00. The molecular weight excluding hydrogens is 226 g/mol. The van der Waals surface area contributed by atoms with Gasteiger partial charge in [0.2, 0.25) is 0 Å². The van der Waals surface area contributed by atoms with Gasteiger partial charge in [0.15, 0.2) is 0 Å². The summed E-state index contributed by atoms with van der Waals surface area (Å²) < 4.78 is 5.84. The van der Waals surface area contributed by atoms with Gasteiger partial charge in [-0.05, 0) is 33.1 Å². The minimum Gasteiger partial charge on any atom is -0.375 e. The minimum atomic E-state index is 0.0366. The lowest BCUT2D eigenvalue weighted by atomic mass is 9.90. The minimum absolute atomic E-state index is 0.0366. The van der Waals surface area contributed by atoms with Crippen molar-refractivity contribution in [1.29, 1.82) is 0 Å². The Balaban J connectivity index is 1.85. The zero-order valence-electron chi connectivity index (χ0n) is 11.6. The highest BCUT2D eigenvalue weighted by Crippen LogP contribution is 2.27. The fourth-order valence-electron chi connectivity index (χ4n) is 2.31. The fourth-order valence-corrected chi connectivity index (χ4v) is 2.31. The van der Waals surface area contributed by atoms with Gasteiger partial charge in [-0.2, -0.15) is 0 Å². The van der Waals surface area contributed by atoms with Crippen LogP contribution in [0.5, 0.6) is 0 Å². The smallest absolute Gasteiger partial charge is 0.0724 e. The second kappa shape index (κ2) is 5.76. The third-order valence-electron chi connectivity index (χ3n) is 3.75. The first-order valence-electron chi connectivity index (χ1n) is 6.76. The van der Waals surface area contributed by atoms with Gasteiger partial charge in [-0.15, -0.1) is 0 Å². The Morgan fingerprint density at radius 2 is 2.28 bits per heavy atom. The summed E-state index contributed by atoms with van der Waals surface area (Å²) in [5, 5.41) is 3.56. The number of rotatable bonds is 4. The molecule has 2 rings (SSSR count). The Hall–Kier alpha value is -1.00. The molecule has 1 saturated heterocycles. The van der Waals surface area contributed by atoms with E-state index < -0.39 is 0 Å². The van der Waals surface area contributed by atoms with Crippen molar-refractivity contribution in [3.63, 3.8) is 0 Å². The van der Waals surface area contributed by atoms with Crippen molar-refractivity contribution in [2.45, 2.75) is 58.2 Å². The van der Waals surface area contributed by atoms with E-state index in [2.05, 4.69) is 29.1 Å². The van der Waals surface area contributed by atoms with Gasteiger partial charge in [0, 0.05) is 31.6 Å². The van der Waals surface area contributed by atoms with Crippen LogP contribution in [0.1, 0.15) is 44.5 Å². The number of nitrogens with zero attached hydrogens (tertiary/aromatic N) is 2. The lowest BCUT2D eigenvalue weighted by Gasteiger charge is -2.38. The highest BCUT2D eigenvalue weighted by atomic mass is 16.5. The van der Waals surface area contributed by atoms with E-state index in [-0.39, 0.29) is 5.60 Å². The van der Waals surface area contributed by atoms with Crippen LogP contribution in [0.25, 0.3) is 0 Å². The van der Waals surface area contributed by atoms with E-state index in [1.807, 2.05) is 19.3 Å². The summed E-state index contributed by atoms with van der Waals surface area (Å²) in [6.45, 7) is 7.98. The molecular formula is C14H23N3O. The lowest BCUT2D eigenvalue weighted by molar-refractivity contribution is -0.0781. The molecule has 0 spiro atoms. The average Bonchev–Trinajstić information content (AvgIpc) is 2.38. The molecule has 2 heterocycles. The molecule has 1 aliphatic rings. The van der Waals surface area contributed by atoms with Crippen LogP contribution in [0.3, 0.4) is 0 Å². The van der Waals surface area contributed by atoms with Crippen molar-refractivity contribution in [3.8, 4) is 0 Å². The Morgan fingerprint density at radius 1 is 1.44 bits per heavy atom. The Labute approximate surface area is 109 Å². The summed E-state index contributed by atoms with van der Waals surface area (Å²) in [7, 11) is 0. The molecule has 2 unspecified atom stereocenters. The highest BCUT2D eigenvalue weighted by Gasteiger charge is 2.31. The molecule has 0 radical (unpaired) electrons. The van der Waals surface area contributed by atoms with Crippen LogP contribution < -0.4 is 5.32 Å². The monoisotopic (exact) mass is 249 g/mol. The van der Waals surface area contributed by atoms with E-state index in [0.717, 1.165) is 43.8 Å². The number of aryl methyl sites for hydroxylation is 1. The van der Waals surface area contributed by atoms with E-state index in [9.17, 15) is 0 Å². The predicted molar refractivity (Wildman–Crippen MR) is 71.3 cm³/mol. The molecule has 4 heteroatoms. The van der Waals surface area contributed by atoms with Crippen LogP contribution in [0.4, 0.5) is 0 Å². The van der Waals surface area contributed by atoms with Crippen LogP contribution in [-0.4, -0.2) is 28.2 Å². The Morgan fingerprint density at radius 3 is 2.94 bits per heavy atom. The van der Waals surface area contributed by atoms with Gasteiger partial charge >= 0.3 is 0 Å². The molecule has 1 fully saturated rings. The molecule has 0 saturated carbocycles. The molecule has 1 aliphatic heterocycles. The van der Waals surface area contributed by atoms with Gasteiger partial charge in [-0.1, -0.05) is 6.92 Å². The van der Waals surface area contributed by atoms with Crippen molar-refractivity contribution in [1.82, 2.24) is 15.3 Å². The summed E-state index contributed by atoms with van der Waals surface area (Å²) in [6.07, 6.45) is 6.88. The quantitative estimate of drug-likeness (QED) is 0.889. The largest absolute Gasteiger partial charge is 0.375 e. The van der Waals surface area contributed by atoms with Crippen LogP contribution in [0.2, 0.25) is 0 Å². The van der Waals surface area contributed by atoms with E-state index in [0.29, 0.717) is 6.04 Å². The SMILES string of the molecule is CCC1(C)CC(NCc2cnc(C)cn2)CCO1. The van der Waals surface area contributed by atoms with E-state index >= 15 is 0 Å². The molecule has 0 bridgehead atoms. The number of ether oxygens (including phenoxy) is 1. The maximum Gasteiger partial charge on any atom is 0.0724 e. The standard InChI is InChI=1S/C14H23N3O/c1-4-14(3)7-12(5-6-18-14)17-10-13-9-15-11(2)8-16-13/h8-9,12,17H,4-7,10H2,1-3H3. The topological polar surface area (TPSA) is 47.0 Å². The number of hydrogen-bond acceptors (Lipinski definition) is 4. The molecule has 2 atom stereocenters. The zero-order valence-corrected chi connectivity index (χ0v) is 11.6. The van der Waals surface area contributed by atoms with E-state index in [1.54, 1.807) is 0 Å². The Bertz CT molecular complexity index is 379. The van der Waals surface area contributed by atoms with Crippen LogP contribution in [0.15, 0.2) is 12.4 Å². The summed E-state index contributed by atoms with van der Waals surface area (Å²) >= 11 is 0. The first-order valence-corrected chi connectivity index (χ1v) is 6.76. The van der Waals surface area contributed by atoms with Gasteiger partial charge in [-0.3, -0.25) is 9.97 Å². The van der Waals surface area contributed by atoms with Crippen LogP contribution in [-0.2, 0) is 11.3 Å². The summed E-state index contributed by atoms with van der Waals surface area (Å²) in [5.74, 6) is 0. The van der Waals surface area contributed by atoms with Crippen LogP contribution >= 0.6 is 0 Å². The second-order valence-electron chi connectivity index (χ2n) is 5.37. The first kappa shape index (κ1) is 13.4. The molecule has 18 heavy (non-hydrogen) atoms. The molecule has 1 aromatic heterocycles. The third kappa shape index (κ3) is 3.50. The fraction of sp³-hybridized carbons (Fsp3) is 0.714.